The maximum Gasteiger partial charge on any atom is 0.419 e. The van der Waals surface area contributed by atoms with E-state index in [0.29, 0.717) is 44.8 Å². The van der Waals surface area contributed by atoms with Crippen LogP contribution in [0.25, 0.3) is 0 Å². The number of aromatic amines is 1. The van der Waals surface area contributed by atoms with Crippen LogP contribution in [0.15, 0.2) is 6.20 Å². The highest BCUT2D eigenvalue weighted by molar-refractivity contribution is 5.84. The van der Waals surface area contributed by atoms with Crippen LogP contribution in [-0.4, -0.2) is 69.6 Å². The lowest BCUT2D eigenvalue weighted by atomic mass is 9.87. The van der Waals surface area contributed by atoms with Crippen LogP contribution in [0.4, 0.5) is 16.7 Å². The van der Waals surface area contributed by atoms with Gasteiger partial charge in [-0.15, -0.1) is 5.10 Å². The van der Waals surface area contributed by atoms with Crippen LogP contribution in [0, 0.1) is 5.92 Å². The Labute approximate surface area is 173 Å². The minimum absolute atomic E-state index is 0.00521. The number of anilines is 2. The van der Waals surface area contributed by atoms with Crippen molar-refractivity contribution in [2.45, 2.75) is 38.5 Å². The Morgan fingerprint density at radius 1 is 1.27 bits per heavy atom. The molecule has 0 unspecified atom stereocenters. The molecule has 0 atom stereocenters. The molecule has 0 aromatic carbocycles. The zero-order valence-corrected chi connectivity index (χ0v) is 16.7. The normalized spacial score (nSPS) is 17.5. The van der Waals surface area contributed by atoms with E-state index in [-0.39, 0.29) is 17.6 Å². The van der Waals surface area contributed by atoms with Gasteiger partial charge in [-0.25, -0.2) is 9.78 Å². The number of carbonyl (C=O) groups is 1. The van der Waals surface area contributed by atoms with Crippen molar-refractivity contribution in [3.8, 4) is 11.6 Å². The molecular weight excluding hydrogens is 392 g/mol. The van der Waals surface area contributed by atoms with E-state index in [1.165, 1.54) is 38.3 Å². The molecule has 0 bridgehead atoms. The van der Waals surface area contributed by atoms with Gasteiger partial charge in [0.2, 0.25) is 11.7 Å². The summed E-state index contributed by atoms with van der Waals surface area (Å²) >= 11 is 0. The smallest absolute Gasteiger partial charge is 0.419 e. The molecule has 1 saturated heterocycles. The lowest BCUT2D eigenvalue weighted by Gasteiger charge is -2.27. The highest BCUT2D eigenvalue weighted by Crippen LogP contribution is 2.29. The third-order valence-electron chi connectivity index (χ3n) is 5.26. The standard InChI is InChI=1S/C18H26N8O4/c27-18(21-16-22-24-25-23-16)30-14-12-19-17(26-7-10-28-11-8-26)20-15(14)29-9-6-13-4-2-1-3-5-13/h12-13H,1-11H2,(H2,21,22,23,24,25,27). The van der Waals surface area contributed by atoms with Gasteiger partial charge in [0.1, 0.15) is 0 Å². The first kappa shape index (κ1) is 20.3. The number of aromatic nitrogens is 6. The number of nitrogens with one attached hydrogen (secondary N) is 2. The number of morpholine rings is 1. The first-order valence-electron chi connectivity index (χ1n) is 10.3. The molecule has 1 saturated carbocycles. The average molecular weight is 418 g/mol. The molecule has 1 amide bonds. The van der Waals surface area contributed by atoms with Gasteiger partial charge in [0.25, 0.3) is 11.8 Å². The van der Waals surface area contributed by atoms with E-state index in [1.54, 1.807) is 0 Å². The monoisotopic (exact) mass is 418 g/mol. The summed E-state index contributed by atoms with van der Waals surface area (Å²) in [4.78, 5) is 23.0. The van der Waals surface area contributed by atoms with Crippen molar-refractivity contribution in [1.82, 2.24) is 30.6 Å². The number of rotatable bonds is 7. The van der Waals surface area contributed by atoms with Crippen molar-refractivity contribution in [3.63, 3.8) is 0 Å². The second kappa shape index (κ2) is 10.1. The largest absolute Gasteiger partial charge is 0.475 e. The zero-order chi connectivity index (χ0) is 20.6. The Bertz CT molecular complexity index is 807. The predicted octanol–water partition coefficient (Wildman–Crippen LogP) is 1.79. The van der Waals surface area contributed by atoms with Crippen LogP contribution in [0.2, 0.25) is 0 Å². The molecule has 0 radical (unpaired) electrons. The number of tetrazole rings is 1. The van der Waals surface area contributed by atoms with Gasteiger partial charge < -0.3 is 19.1 Å². The van der Waals surface area contributed by atoms with Gasteiger partial charge in [-0.3, -0.25) is 5.32 Å². The van der Waals surface area contributed by atoms with Crippen LogP contribution in [0.3, 0.4) is 0 Å². The second-order valence-electron chi connectivity index (χ2n) is 7.33. The van der Waals surface area contributed by atoms with Crippen molar-refractivity contribution in [2.24, 2.45) is 5.92 Å². The molecule has 3 heterocycles. The third kappa shape index (κ3) is 5.53. The third-order valence-corrected chi connectivity index (χ3v) is 5.26. The van der Waals surface area contributed by atoms with E-state index in [4.69, 9.17) is 14.2 Å². The van der Waals surface area contributed by atoms with Gasteiger partial charge in [-0.1, -0.05) is 37.2 Å². The summed E-state index contributed by atoms with van der Waals surface area (Å²) < 4.78 is 16.7. The van der Waals surface area contributed by atoms with Crippen molar-refractivity contribution in [3.05, 3.63) is 6.20 Å². The molecule has 2 N–H and O–H groups in total. The topological polar surface area (TPSA) is 140 Å². The Balaban J connectivity index is 1.43. The summed E-state index contributed by atoms with van der Waals surface area (Å²) in [6, 6.07) is 0. The quantitative estimate of drug-likeness (QED) is 0.683. The highest BCUT2D eigenvalue weighted by atomic mass is 16.6. The first-order chi connectivity index (χ1) is 14.8. The van der Waals surface area contributed by atoms with Gasteiger partial charge >= 0.3 is 6.09 Å². The van der Waals surface area contributed by atoms with Crippen molar-refractivity contribution >= 4 is 18.0 Å². The number of ether oxygens (including phenoxy) is 3. The number of nitrogens with zero attached hydrogens (tertiary/aromatic N) is 6. The molecule has 0 spiro atoms. The molecule has 30 heavy (non-hydrogen) atoms. The Kier molecular flexibility index (Phi) is 6.85. The highest BCUT2D eigenvalue weighted by Gasteiger charge is 2.20. The molecule has 12 nitrogen and oxygen atoms in total. The number of hydrogen-bond donors (Lipinski definition) is 2. The summed E-state index contributed by atoms with van der Waals surface area (Å²) in [6.07, 6.45) is 7.98. The number of H-pyrrole nitrogens is 1. The Hall–Kier alpha value is -3.02. The number of carbonyl (C=O) groups excluding carboxylic acids is 1. The molecule has 1 aliphatic carbocycles. The van der Waals surface area contributed by atoms with Gasteiger partial charge in [0, 0.05) is 13.1 Å². The van der Waals surface area contributed by atoms with Crippen LogP contribution in [0.5, 0.6) is 11.6 Å². The average Bonchev–Trinajstić information content (AvgIpc) is 3.29. The SMILES string of the molecule is O=C(Nc1nn[nH]n1)Oc1cnc(N2CCOCC2)nc1OCCC1CCCCC1. The van der Waals surface area contributed by atoms with Crippen molar-refractivity contribution in [1.29, 1.82) is 0 Å². The summed E-state index contributed by atoms with van der Waals surface area (Å²) in [5.74, 6) is 1.58. The summed E-state index contributed by atoms with van der Waals surface area (Å²) in [7, 11) is 0. The van der Waals surface area contributed by atoms with Crippen LogP contribution in [-0.2, 0) is 4.74 Å². The van der Waals surface area contributed by atoms with Gasteiger partial charge in [-0.05, 0) is 17.6 Å². The molecule has 2 aliphatic rings. The molecule has 12 heteroatoms. The van der Waals surface area contributed by atoms with Crippen LogP contribution >= 0.6 is 0 Å². The summed E-state index contributed by atoms with van der Waals surface area (Å²) in [5.41, 5.74) is 0. The second-order valence-corrected chi connectivity index (χ2v) is 7.33. The Morgan fingerprint density at radius 3 is 2.87 bits per heavy atom. The van der Waals surface area contributed by atoms with E-state index in [2.05, 4.69) is 35.9 Å². The molecule has 1 aliphatic heterocycles. The minimum Gasteiger partial charge on any atom is -0.475 e. The summed E-state index contributed by atoms with van der Waals surface area (Å²) in [6.45, 7) is 3.13. The maximum atomic E-state index is 12.1. The van der Waals surface area contributed by atoms with E-state index in [1.807, 2.05) is 4.90 Å². The van der Waals surface area contributed by atoms with E-state index < -0.39 is 6.09 Å². The lowest BCUT2D eigenvalue weighted by Crippen LogP contribution is -2.37. The van der Waals surface area contributed by atoms with Crippen LogP contribution in [0.1, 0.15) is 38.5 Å². The van der Waals surface area contributed by atoms with E-state index in [9.17, 15) is 4.79 Å². The molecule has 2 aromatic heterocycles. The maximum absolute atomic E-state index is 12.1. The fraction of sp³-hybridized carbons (Fsp3) is 0.667. The molecule has 2 fully saturated rings. The van der Waals surface area contributed by atoms with E-state index >= 15 is 0 Å². The van der Waals surface area contributed by atoms with Gasteiger partial charge in [-0.2, -0.15) is 10.2 Å². The summed E-state index contributed by atoms with van der Waals surface area (Å²) in [5, 5.41) is 15.3. The number of hydrogen-bond acceptors (Lipinski definition) is 10. The van der Waals surface area contributed by atoms with Crippen molar-refractivity contribution in [2.75, 3.05) is 43.1 Å². The number of amides is 1. The van der Waals surface area contributed by atoms with Gasteiger partial charge in [0.05, 0.1) is 26.0 Å². The van der Waals surface area contributed by atoms with E-state index in [0.717, 1.165) is 6.42 Å². The molecule has 2 aromatic rings. The van der Waals surface area contributed by atoms with Crippen molar-refractivity contribution < 1.29 is 19.0 Å². The van der Waals surface area contributed by atoms with Crippen LogP contribution < -0.4 is 19.7 Å². The molecule has 162 valence electrons. The predicted molar refractivity (Wildman–Crippen MR) is 106 cm³/mol. The lowest BCUT2D eigenvalue weighted by molar-refractivity contribution is 0.122. The fourth-order valence-corrected chi connectivity index (χ4v) is 3.67. The molecular formula is C18H26N8O4. The Morgan fingerprint density at radius 2 is 2.10 bits per heavy atom. The zero-order valence-electron chi connectivity index (χ0n) is 16.7. The van der Waals surface area contributed by atoms with Gasteiger partial charge in [0.15, 0.2) is 0 Å². The first-order valence-corrected chi connectivity index (χ1v) is 10.3. The minimum atomic E-state index is -0.781. The molecule has 4 rings (SSSR count). The fourth-order valence-electron chi connectivity index (χ4n) is 3.67.